The molecule has 0 radical (unpaired) electrons. The number of likely N-dealkylation sites (tertiary alicyclic amines) is 1. The van der Waals surface area contributed by atoms with Gasteiger partial charge in [-0.15, -0.1) is 0 Å². The second kappa shape index (κ2) is 6.05. The molecule has 3 atom stereocenters. The Balaban J connectivity index is 3.28. The van der Waals surface area contributed by atoms with Crippen molar-refractivity contribution >= 4 is 5.97 Å². The van der Waals surface area contributed by atoms with Crippen molar-refractivity contribution in [2.24, 2.45) is 10.8 Å². The highest BCUT2D eigenvalue weighted by Crippen LogP contribution is 2.60. The summed E-state index contributed by atoms with van der Waals surface area (Å²) in [6.07, 6.45) is 5.97. The van der Waals surface area contributed by atoms with Gasteiger partial charge < -0.3 is 5.11 Å². The lowest BCUT2D eigenvalue weighted by Crippen LogP contribution is -2.59. The van der Waals surface area contributed by atoms with Gasteiger partial charge in [-0.3, -0.25) is 9.69 Å². The highest BCUT2D eigenvalue weighted by atomic mass is 16.4. The molecule has 1 aliphatic rings. The van der Waals surface area contributed by atoms with E-state index in [0.717, 1.165) is 45.1 Å². The van der Waals surface area contributed by atoms with Gasteiger partial charge in [-0.25, -0.2) is 0 Å². The second-order valence-corrected chi connectivity index (χ2v) is 7.08. The van der Waals surface area contributed by atoms with Crippen LogP contribution >= 0.6 is 0 Å². The van der Waals surface area contributed by atoms with E-state index < -0.39 is 11.5 Å². The van der Waals surface area contributed by atoms with Gasteiger partial charge in [-0.2, -0.15) is 0 Å². The van der Waals surface area contributed by atoms with E-state index in [-0.39, 0.29) is 10.8 Å². The molecule has 0 bridgehead atoms. The zero-order chi connectivity index (χ0) is 15.6. The van der Waals surface area contributed by atoms with Gasteiger partial charge in [0.05, 0.1) is 0 Å². The fourth-order valence-corrected chi connectivity index (χ4v) is 4.58. The van der Waals surface area contributed by atoms with Gasteiger partial charge in [0, 0.05) is 12.0 Å². The van der Waals surface area contributed by atoms with Crippen LogP contribution in [0, 0.1) is 10.8 Å². The Morgan fingerprint density at radius 3 is 2.15 bits per heavy atom. The number of carboxylic acid groups (broad SMARTS) is 1. The van der Waals surface area contributed by atoms with Crippen molar-refractivity contribution in [3.8, 4) is 0 Å². The molecule has 3 nitrogen and oxygen atoms in total. The van der Waals surface area contributed by atoms with Crippen molar-refractivity contribution in [3.05, 3.63) is 0 Å². The molecular weight excluding hydrogens is 250 g/mol. The molecule has 20 heavy (non-hydrogen) atoms. The van der Waals surface area contributed by atoms with Crippen LogP contribution in [0.4, 0.5) is 0 Å². The van der Waals surface area contributed by atoms with E-state index in [0.29, 0.717) is 0 Å². The van der Waals surface area contributed by atoms with E-state index in [2.05, 4.69) is 39.5 Å². The van der Waals surface area contributed by atoms with Gasteiger partial charge in [0.2, 0.25) is 0 Å². The number of aliphatic carboxylic acids is 1. The fourth-order valence-electron chi connectivity index (χ4n) is 4.58. The number of likely N-dealkylation sites (N-methyl/N-ethyl adjacent to an activating group) is 1. The quantitative estimate of drug-likeness (QED) is 0.713. The first-order valence-electron chi connectivity index (χ1n) is 8.20. The number of carbonyl (C=O) groups is 1. The minimum absolute atomic E-state index is 0.0705. The molecule has 118 valence electrons. The zero-order valence-corrected chi connectivity index (χ0v) is 14.3. The Morgan fingerprint density at radius 2 is 1.75 bits per heavy atom. The molecule has 1 N–H and O–H groups in total. The normalized spacial score (nSPS) is 38.3. The smallest absolute Gasteiger partial charge is 0.324 e. The van der Waals surface area contributed by atoms with Crippen LogP contribution in [0.1, 0.15) is 73.1 Å². The van der Waals surface area contributed by atoms with Crippen LogP contribution in [0.2, 0.25) is 0 Å². The van der Waals surface area contributed by atoms with Crippen LogP contribution in [0.15, 0.2) is 0 Å². The second-order valence-electron chi connectivity index (χ2n) is 7.08. The lowest BCUT2D eigenvalue weighted by Gasteiger charge is -2.49. The summed E-state index contributed by atoms with van der Waals surface area (Å²) < 4.78 is 0. The van der Waals surface area contributed by atoms with Crippen molar-refractivity contribution in [3.63, 3.8) is 0 Å². The van der Waals surface area contributed by atoms with E-state index in [1.165, 1.54) is 0 Å². The van der Waals surface area contributed by atoms with Crippen LogP contribution in [0.5, 0.6) is 0 Å². The third-order valence-corrected chi connectivity index (χ3v) is 6.47. The average Bonchev–Trinajstić information content (AvgIpc) is 2.58. The highest BCUT2D eigenvalue weighted by Gasteiger charge is 2.67. The minimum Gasteiger partial charge on any atom is -0.480 e. The standard InChI is InChI=1S/C17H33NO2/c1-7-10-11-12-17(14(19)20)16(5,9-3)15(4,8-2)13-18(17)6/h7-13H2,1-6H3,(H,19,20)/t15?,16?,17-/m1/s1. The molecule has 0 aromatic rings. The molecule has 2 unspecified atom stereocenters. The van der Waals surface area contributed by atoms with Crippen LogP contribution in [0.25, 0.3) is 0 Å². The number of carboxylic acids is 1. The molecule has 1 fully saturated rings. The number of rotatable bonds is 7. The van der Waals surface area contributed by atoms with Crippen molar-refractivity contribution in [1.29, 1.82) is 0 Å². The van der Waals surface area contributed by atoms with Gasteiger partial charge >= 0.3 is 5.97 Å². The maximum absolute atomic E-state index is 12.3. The largest absolute Gasteiger partial charge is 0.480 e. The first-order chi connectivity index (χ1) is 9.25. The predicted octanol–water partition coefficient (Wildman–Crippen LogP) is 4.17. The Kier molecular flexibility index (Phi) is 5.29. The third-order valence-electron chi connectivity index (χ3n) is 6.47. The monoisotopic (exact) mass is 283 g/mol. The van der Waals surface area contributed by atoms with Gasteiger partial charge in [0.25, 0.3) is 0 Å². The number of unbranched alkanes of at least 4 members (excludes halogenated alkanes) is 2. The summed E-state index contributed by atoms with van der Waals surface area (Å²) in [6.45, 7) is 11.9. The van der Waals surface area contributed by atoms with E-state index in [4.69, 9.17) is 0 Å². The first-order valence-corrected chi connectivity index (χ1v) is 8.20. The van der Waals surface area contributed by atoms with Crippen molar-refractivity contribution in [2.75, 3.05) is 13.6 Å². The highest BCUT2D eigenvalue weighted by molar-refractivity contribution is 5.81. The van der Waals surface area contributed by atoms with Crippen LogP contribution < -0.4 is 0 Å². The molecule has 3 heteroatoms. The number of hydrogen-bond donors (Lipinski definition) is 1. The third kappa shape index (κ3) is 2.18. The average molecular weight is 283 g/mol. The summed E-state index contributed by atoms with van der Waals surface area (Å²) in [7, 11) is 2.01. The summed E-state index contributed by atoms with van der Waals surface area (Å²) >= 11 is 0. The van der Waals surface area contributed by atoms with Crippen molar-refractivity contribution in [1.82, 2.24) is 4.90 Å². The molecular formula is C17H33NO2. The first kappa shape index (κ1) is 17.5. The summed E-state index contributed by atoms with van der Waals surface area (Å²) in [5.74, 6) is -0.627. The van der Waals surface area contributed by atoms with Crippen LogP contribution in [-0.2, 0) is 4.79 Å². The minimum atomic E-state index is -0.707. The molecule has 0 aromatic heterocycles. The summed E-state index contributed by atoms with van der Waals surface area (Å²) in [6, 6.07) is 0. The predicted molar refractivity (Wildman–Crippen MR) is 83.9 cm³/mol. The maximum Gasteiger partial charge on any atom is 0.324 e. The molecule has 1 rings (SSSR count). The number of nitrogens with zero attached hydrogens (tertiary/aromatic N) is 1. The van der Waals surface area contributed by atoms with Crippen molar-refractivity contribution in [2.45, 2.75) is 78.7 Å². The lowest BCUT2D eigenvalue weighted by molar-refractivity contribution is -0.158. The Bertz CT molecular complexity index is 357. The maximum atomic E-state index is 12.3. The molecule has 0 spiro atoms. The molecule has 0 aliphatic carbocycles. The van der Waals surface area contributed by atoms with Gasteiger partial charge in [-0.05, 0) is 31.7 Å². The topological polar surface area (TPSA) is 40.5 Å². The Labute approximate surface area is 124 Å². The Hall–Kier alpha value is -0.570. The summed E-state index contributed by atoms with van der Waals surface area (Å²) in [5, 5.41) is 10.1. The fraction of sp³-hybridized carbons (Fsp3) is 0.941. The Morgan fingerprint density at radius 1 is 1.15 bits per heavy atom. The van der Waals surface area contributed by atoms with Crippen LogP contribution in [0.3, 0.4) is 0 Å². The van der Waals surface area contributed by atoms with E-state index in [1.54, 1.807) is 0 Å². The lowest BCUT2D eigenvalue weighted by atomic mass is 9.55. The van der Waals surface area contributed by atoms with E-state index in [1.807, 2.05) is 7.05 Å². The molecule has 1 aliphatic heterocycles. The van der Waals surface area contributed by atoms with Gasteiger partial charge in [0.15, 0.2) is 0 Å². The SMILES string of the molecule is CCCCC[C@]1(C(=O)O)N(C)CC(C)(CC)C1(C)CC. The van der Waals surface area contributed by atoms with E-state index in [9.17, 15) is 9.90 Å². The summed E-state index contributed by atoms with van der Waals surface area (Å²) in [4.78, 5) is 14.4. The van der Waals surface area contributed by atoms with Crippen molar-refractivity contribution < 1.29 is 9.90 Å². The van der Waals surface area contributed by atoms with Crippen LogP contribution in [-0.4, -0.2) is 35.1 Å². The molecule has 0 amide bonds. The molecule has 0 aromatic carbocycles. The van der Waals surface area contributed by atoms with E-state index >= 15 is 0 Å². The van der Waals surface area contributed by atoms with Gasteiger partial charge in [0.1, 0.15) is 5.54 Å². The molecule has 1 heterocycles. The summed E-state index contributed by atoms with van der Waals surface area (Å²) in [5.41, 5.74) is -0.814. The zero-order valence-electron chi connectivity index (χ0n) is 14.3. The van der Waals surface area contributed by atoms with Gasteiger partial charge in [-0.1, -0.05) is 53.9 Å². The number of hydrogen-bond acceptors (Lipinski definition) is 2. The molecule has 0 saturated carbocycles. The molecule has 1 saturated heterocycles.